The molecule has 0 N–H and O–H groups in total. The van der Waals surface area contributed by atoms with E-state index in [9.17, 15) is 0 Å². The summed E-state index contributed by atoms with van der Waals surface area (Å²) < 4.78 is 4.81. The first-order valence-corrected chi connectivity index (χ1v) is 25.7. The van der Waals surface area contributed by atoms with Crippen LogP contribution in [0.5, 0.6) is 0 Å². The van der Waals surface area contributed by atoms with Gasteiger partial charge in [0.2, 0.25) is 0 Å². The molecule has 0 saturated carbocycles. The molecule has 75 heavy (non-hydrogen) atoms. The number of anilines is 3. The van der Waals surface area contributed by atoms with Crippen LogP contribution in [0.3, 0.4) is 0 Å². The standard InChI is InChI=1S/C72H49N3/c1-5-21-50(22-6-1)52-25-19-31-61(46-52)73(59-27-9-3-10-28-59)68-36-16-13-33-63(68)58-44-56(54-39-41-71-66(48-54)64-34-14-17-37-69(64)74(71)60-29-11-4-12-30-60)43-57(45-58)55-40-42-72-67(49-55)65-35-15-18-38-70(65)75(72)62-32-20-26-53(47-62)51-23-7-2-8-24-51/h1-49H. The molecular weight excluding hydrogens is 907 g/mol. The number of para-hydroxylation sites is 5. The molecule has 0 amide bonds. The van der Waals surface area contributed by atoms with E-state index in [0.29, 0.717) is 0 Å². The van der Waals surface area contributed by atoms with Crippen molar-refractivity contribution in [1.29, 1.82) is 0 Å². The highest BCUT2D eigenvalue weighted by molar-refractivity contribution is 6.12. The van der Waals surface area contributed by atoms with Crippen LogP contribution in [0.15, 0.2) is 297 Å². The van der Waals surface area contributed by atoms with Gasteiger partial charge in [-0.2, -0.15) is 0 Å². The first kappa shape index (κ1) is 43.8. The fourth-order valence-electron chi connectivity index (χ4n) is 11.4. The lowest BCUT2D eigenvalue weighted by Gasteiger charge is -2.28. The van der Waals surface area contributed by atoms with Gasteiger partial charge in [-0.3, -0.25) is 0 Å². The Morgan fingerprint density at radius 3 is 1.24 bits per heavy atom. The second-order valence-electron chi connectivity index (χ2n) is 19.3. The Morgan fingerprint density at radius 1 is 0.213 bits per heavy atom. The minimum Gasteiger partial charge on any atom is -0.310 e. The molecule has 0 spiro atoms. The molecule has 12 aromatic carbocycles. The highest BCUT2D eigenvalue weighted by atomic mass is 15.1. The van der Waals surface area contributed by atoms with Gasteiger partial charge in [-0.25, -0.2) is 0 Å². The largest absolute Gasteiger partial charge is 0.310 e. The maximum Gasteiger partial charge on any atom is 0.0541 e. The SMILES string of the molecule is c1ccc(-c2cccc(N(c3ccccc3)c3ccccc3-c3cc(-c4ccc5c(c4)c4ccccc4n5-c4ccccc4)cc(-c4ccc5c(c4)c4ccccc4n5-c4cccc(-c5ccccc5)c4)c3)c2)cc1. The molecule has 2 aromatic heterocycles. The summed E-state index contributed by atoms with van der Waals surface area (Å²) in [6, 6.07) is 108. The van der Waals surface area contributed by atoms with Crippen molar-refractivity contribution in [3.8, 4) is 67.0 Å². The lowest BCUT2D eigenvalue weighted by Crippen LogP contribution is -2.11. The molecule has 3 heteroatoms. The molecule has 0 aliphatic rings. The van der Waals surface area contributed by atoms with Crippen LogP contribution in [0.4, 0.5) is 17.1 Å². The zero-order valence-electron chi connectivity index (χ0n) is 41.1. The summed E-state index contributed by atoms with van der Waals surface area (Å²) in [7, 11) is 0. The highest BCUT2D eigenvalue weighted by Gasteiger charge is 2.21. The van der Waals surface area contributed by atoms with Crippen molar-refractivity contribution in [1.82, 2.24) is 9.13 Å². The van der Waals surface area contributed by atoms with Gasteiger partial charge in [0, 0.05) is 49.9 Å². The van der Waals surface area contributed by atoms with Gasteiger partial charge in [0.25, 0.3) is 0 Å². The van der Waals surface area contributed by atoms with E-state index in [2.05, 4.69) is 311 Å². The fourth-order valence-corrected chi connectivity index (χ4v) is 11.4. The lowest BCUT2D eigenvalue weighted by atomic mass is 9.91. The number of benzene rings is 12. The predicted molar refractivity (Wildman–Crippen MR) is 317 cm³/mol. The van der Waals surface area contributed by atoms with Gasteiger partial charge in [-0.05, 0) is 159 Å². The van der Waals surface area contributed by atoms with Crippen LogP contribution >= 0.6 is 0 Å². The second-order valence-corrected chi connectivity index (χ2v) is 19.3. The highest BCUT2D eigenvalue weighted by Crippen LogP contribution is 2.45. The Hall–Kier alpha value is -9.96. The van der Waals surface area contributed by atoms with Gasteiger partial charge in [-0.15, -0.1) is 0 Å². The van der Waals surface area contributed by atoms with E-state index in [0.717, 1.165) is 61.8 Å². The van der Waals surface area contributed by atoms with Crippen LogP contribution in [0.25, 0.3) is 111 Å². The van der Waals surface area contributed by atoms with E-state index in [-0.39, 0.29) is 0 Å². The third kappa shape index (κ3) is 7.86. The van der Waals surface area contributed by atoms with Crippen LogP contribution < -0.4 is 4.90 Å². The Balaban J connectivity index is 0.979. The van der Waals surface area contributed by atoms with Gasteiger partial charge in [0.15, 0.2) is 0 Å². The number of hydrogen-bond acceptors (Lipinski definition) is 1. The van der Waals surface area contributed by atoms with E-state index < -0.39 is 0 Å². The topological polar surface area (TPSA) is 13.1 Å². The molecule has 3 nitrogen and oxygen atoms in total. The number of fused-ring (bicyclic) bond motifs is 6. The smallest absolute Gasteiger partial charge is 0.0541 e. The van der Waals surface area contributed by atoms with E-state index in [1.165, 1.54) is 65.9 Å². The third-order valence-corrected chi connectivity index (χ3v) is 14.9. The van der Waals surface area contributed by atoms with E-state index in [1.54, 1.807) is 0 Å². The summed E-state index contributed by atoms with van der Waals surface area (Å²) >= 11 is 0. The number of nitrogens with zero attached hydrogens (tertiary/aromatic N) is 3. The summed E-state index contributed by atoms with van der Waals surface area (Å²) in [5.41, 5.74) is 21.9. The quantitative estimate of drug-likeness (QED) is 0.133. The summed E-state index contributed by atoms with van der Waals surface area (Å²) in [6.45, 7) is 0. The number of aromatic nitrogens is 2. The molecular formula is C72H49N3. The molecule has 0 saturated heterocycles. The summed E-state index contributed by atoms with van der Waals surface area (Å²) in [4.78, 5) is 2.41. The minimum absolute atomic E-state index is 1.09. The van der Waals surface area contributed by atoms with E-state index >= 15 is 0 Å². The Morgan fingerprint density at radius 2 is 0.627 bits per heavy atom. The first-order chi connectivity index (χ1) is 37.2. The van der Waals surface area contributed by atoms with Crippen molar-refractivity contribution in [2.24, 2.45) is 0 Å². The van der Waals surface area contributed by atoms with Gasteiger partial charge >= 0.3 is 0 Å². The zero-order chi connectivity index (χ0) is 49.7. The molecule has 2 heterocycles. The molecule has 0 fully saturated rings. The van der Waals surface area contributed by atoms with Crippen LogP contribution in [0.2, 0.25) is 0 Å². The third-order valence-electron chi connectivity index (χ3n) is 14.9. The first-order valence-electron chi connectivity index (χ1n) is 25.7. The average Bonchev–Trinajstić information content (AvgIpc) is 4.04. The van der Waals surface area contributed by atoms with Crippen molar-refractivity contribution >= 4 is 60.7 Å². The van der Waals surface area contributed by atoms with Crippen LogP contribution in [0.1, 0.15) is 0 Å². The Bertz CT molecular complexity index is 4400. The predicted octanol–water partition coefficient (Wildman–Crippen LogP) is 19.7. The van der Waals surface area contributed by atoms with Gasteiger partial charge in [-0.1, -0.05) is 188 Å². The summed E-state index contributed by atoms with van der Waals surface area (Å²) in [5, 5.41) is 4.88. The molecule has 14 rings (SSSR count). The molecule has 0 aliphatic carbocycles. The minimum atomic E-state index is 1.09. The van der Waals surface area contributed by atoms with Crippen LogP contribution in [0, 0.1) is 0 Å². The Labute approximate surface area is 436 Å². The average molecular weight is 956 g/mol. The molecule has 14 aromatic rings. The molecule has 0 unspecified atom stereocenters. The summed E-state index contributed by atoms with van der Waals surface area (Å²) in [5.74, 6) is 0. The van der Waals surface area contributed by atoms with Gasteiger partial charge < -0.3 is 14.0 Å². The van der Waals surface area contributed by atoms with Crippen molar-refractivity contribution in [2.75, 3.05) is 4.90 Å². The van der Waals surface area contributed by atoms with Crippen LogP contribution in [-0.4, -0.2) is 9.13 Å². The molecule has 352 valence electrons. The lowest BCUT2D eigenvalue weighted by molar-refractivity contribution is 1.18. The van der Waals surface area contributed by atoms with Crippen molar-refractivity contribution in [3.05, 3.63) is 297 Å². The maximum absolute atomic E-state index is 2.42. The van der Waals surface area contributed by atoms with Gasteiger partial charge in [0.05, 0.1) is 27.8 Å². The van der Waals surface area contributed by atoms with E-state index in [1.807, 2.05) is 0 Å². The van der Waals surface area contributed by atoms with E-state index in [4.69, 9.17) is 0 Å². The second kappa shape index (κ2) is 18.6. The van der Waals surface area contributed by atoms with Crippen molar-refractivity contribution < 1.29 is 0 Å². The van der Waals surface area contributed by atoms with Crippen molar-refractivity contribution in [3.63, 3.8) is 0 Å². The number of rotatable bonds is 10. The van der Waals surface area contributed by atoms with Gasteiger partial charge in [0.1, 0.15) is 0 Å². The maximum atomic E-state index is 2.42. The molecule has 0 bridgehead atoms. The zero-order valence-corrected chi connectivity index (χ0v) is 41.1. The van der Waals surface area contributed by atoms with Crippen molar-refractivity contribution in [2.45, 2.75) is 0 Å². The monoisotopic (exact) mass is 955 g/mol. The summed E-state index contributed by atoms with van der Waals surface area (Å²) in [6.07, 6.45) is 0. The molecule has 0 radical (unpaired) electrons. The Kier molecular flexibility index (Phi) is 10.8. The normalized spacial score (nSPS) is 11.5. The van der Waals surface area contributed by atoms with Crippen LogP contribution in [-0.2, 0) is 0 Å². The molecule has 0 atom stereocenters. The fraction of sp³-hybridized carbons (Fsp3) is 0. The number of hydrogen-bond donors (Lipinski definition) is 0. The molecule has 0 aliphatic heterocycles.